The number of nitrogens with one attached hydrogen (secondary N) is 1. The molecular weight excluding hydrogens is 324 g/mol. The van der Waals surface area contributed by atoms with Crippen molar-refractivity contribution >= 4 is 17.4 Å². The molecule has 1 fully saturated rings. The largest absolute Gasteiger partial charge is 0.331 e. The van der Waals surface area contributed by atoms with Crippen molar-refractivity contribution in [1.82, 2.24) is 30.0 Å². The molecule has 0 saturated carbocycles. The predicted molar refractivity (Wildman–Crippen MR) is 92.8 cm³/mol. The van der Waals surface area contributed by atoms with Gasteiger partial charge in [0.2, 0.25) is 0 Å². The maximum absolute atomic E-state index is 12.6. The Labute approximate surface area is 146 Å². The van der Waals surface area contributed by atoms with Crippen molar-refractivity contribution in [2.24, 2.45) is 0 Å². The molecule has 0 spiro atoms. The lowest BCUT2D eigenvalue weighted by Crippen LogP contribution is -2.40. The summed E-state index contributed by atoms with van der Waals surface area (Å²) in [7, 11) is 0. The number of rotatable bonds is 3. The van der Waals surface area contributed by atoms with Crippen molar-refractivity contribution in [3.63, 3.8) is 0 Å². The second-order valence-corrected chi connectivity index (χ2v) is 8.12. The molecule has 1 aliphatic heterocycles. The standard InChI is InChI=1S/C16H24N6OS/c1-11-20-12(9-24-11)13-6-5-7-21(13)15(23)17-8-14-18-10-19-22(14)16(2,3)4/h9-10,13H,5-8H2,1-4H3,(H,17,23)/t13-/m1/s1. The first-order valence-corrected chi connectivity index (χ1v) is 9.10. The van der Waals surface area contributed by atoms with Crippen LogP contribution in [0.4, 0.5) is 4.79 Å². The lowest BCUT2D eigenvalue weighted by molar-refractivity contribution is 0.191. The zero-order chi connectivity index (χ0) is 17.3. The molecule has 3 rings (SSSR count). The summed E-state index contributed by atoms with van der Waals surface area (Å²) in [6.45, 7) is 9.32. The predicted octanol–water partition coefficient (Wildman–Crippen LogP) is 2.84. The van der Waals surface area contributed by atoms with E-state index in [1.165, 1.54) is 6.33 Å². The number of nitrogens with zero attached hydrogens (tertiary/aromatic N) is 5. The molecular formula is C16H24N6OS. The van der Waals surface area contributed by atoms with Gasteiger partial charge in [-0.25, -0.2) is 19.4 Å². The fourth-order valence-electron chi connectivity index (χ4n) is 3.05. The van der Waals surface area contributed by atoms with Crippen molar-refractivity contribution in [3.05, 3.63) is 28.2 Å². The van der Waals surface area contributed by atoms with Gasteiger partial charge >= 0.3 is 6.03 Å². The summed E-state index contributed by atoms with van der Waals surface area (Å²) in [5.41, 5.74) is 0.841. The minimum Gasteiger partial charge on any atom is -0.331 e. The molecule has 0 bridgehead atoms. The molecule has 0 radical (unpaired) electrons. The molecule has 1 N–H and O–H groups in total. The van der Waals surface area contributed by atoms with Crippen molar-refractivity contribution in [3.8, 4) is 0 Å². The monoisotopic (exact) mass is 348 g/mol. The minimum absolute atomic E-state index is 0.0633. The van der Waals surface area contributed by atoms with Crippen molar-refractivity contribution in [2.75, 3.05) is 6.54 Å². The highest BCUT2D eigenvalue weighted by Crippen LogP contribution is 2.32. The highest BCUT2D eigenvalue weighted by atomic mass is 32.1. The van der Waals surface area contributed by atoms with Crippen LogP contribution < -0.4 is 5.32 Å². The summed E-state index contributed by atoms with van der Waals surface area (Å²) in [5.74, 6) is 0.760. The van der Waals surface area contributed by atoms with Crippen LogP contribution in [0, 0.1) is 6.92 Å². The molecule has 2 aromatic heterocycles. The first-order chi connectivity index (χ1) is 11.4. The van der Waals surface area contributed by atoms with Gasteiger partial charge in [0.15, 0.2) is 0 Å². The van der Waals surface area contributed by atoms with Crippen LogP contribution in [0.3, 0.4) is 0 Å². The molecule has 7 nitrogen and oxygen atoms in total. The third kappa shape index (κ3) is 3.43. The van der Waals surface area contributed by atoms with E-state index in [4.69, 9.17) is 0 Å². The second-order valence-electron chi connectivity index (χ2n) is 7.06. The van der Waals surface area contributed by atoms with Crippen LogP contribution in [-0.4, -0.2) is 37.2 Å². The average Bonchev–Trinajstić information content (AvgIpc) is 3.23. The van der Waals surface area contributed by atoms with Gasteiger partial charge < -0.3 is 10.2 Å². The van der Waals surface area contributed by atoms with Gasteiger partial charge in [-0.1, -0.05) is 0 Å². The second kappa shape index (κ2) is 6.51. The molecule has 2 aromatic rings. The van der Waals surface area contributed by atoms with Gasteiger partial charge in [0.1, 0.15) is 12.2 Å². The van der Waals surface area contributed by atoms with Crippen LogP contribution in [0.2, 0.25) is 0 Å². The van der Waals surface area contributed by atoms with E-state index >= 15 is 0 Å². The Morgan fingerprint density at radius 1 is 1.46 bits per heavy atom. The highest BCUT2D eigenvalue weighted by molar-refractivity contribution is 7.09. The Bertz CT molecular complexity index is 716. The van der Waals surface area contributed by atoms with Gasteiger partial charge in [0, 0.05) is 11.9 Å². The normalized spacial score (nSPS) is 18.2. The van der Waals surface area contributed by atoms with Crippen LogP contribution >= 0.6 is 11.3 Å². The lowest BCUT2D eigenvalue weighted by Gasteiger charge is -2.25. The summed E-state index contributed by atoms with van der Waals surface area (Å²) >= 11 is 1.63. The summed E-state index contributed by atoms with van der Waals surface area (Å²) in [6, 6.07) is 0.0158. The molecule has 1 saturated heterocycles. The van der Waals surface area contributed by atoms with Crippen molar-refractivity contribution in [2.45, 2.75) is 58.7 Å². The Morgan fingerprint density at radius 3 is 2.92 bits per heavy atom. The molecule has 1 aliphatic rings. The van der Waals surface area contributed by atoms with Gasteiger partial charge in [-0.3, -0.25) is 0 Å². The smallest absolute Gasteiger partial charge is 0.318 e. The summed E-state index contributed by atoms with van der Waals surface area (Å²) in [4.78, 5) is 23.3. The molecule has 130 valence electrons. The number of hydrogen-bond acceptors (Lipinski definition) is 5. The van der Waals surface area contributed by atoms with Crippen molar-refractivity contribution in [1.29, 1.82) is 0 Å². The van der Waals surface area contributed by atoms with E-state index in [2.05, 4.69) is 46.5 Å². The van der Waals surface area contributed by atoms with Gasteiger partial charge in [-0.2, -0.15) is 5.10 Å². The quantitative estimate of drug-likeness (QED) is 0.925. The van der Waals surface area contributed by atoms with Crippen LogP contribution in [-0.2, 0) is 12.1 Å². The minimum atomic E-state index is -0.162. The topological polar surface area (TPSA) is 75.9 Å². The number of thiazole rings is 1. The Kier molecular flexibility index (Phi) is 4.58. The Morgan fingerprint density at radius 2 is 2.25 bits per heavy atom. The molecule has 24 heavy (non-hydrogen) atoms. The summed E-state index contributed by atoms with van der Waals surface area (Å²) in [5, 5.41) is 10.3. The molecule has 8 heteroatoms. The van der Waals surface area contributed by atoms with Crippen LogP contribution in [0.15, 0.2) is 11.7 Å². The Balaban J connectivity index is 1.66. The van der Waals surface area contributed by atoms with E-state index < -0.39 is 0 Å². The van der Waals surface area contributed by atoms with E-state index in [1.54, 1.807) is 11.3 Å². The number of likely N-dealkylation sites (tertiary alicyclic amines) is 1. The van der Waals surface area contributed by atoms with E-state index in [0.29, 0.717) is 6.54 Å². The maximum Gasteiger partial charge on any atom is 0.318 e. The maximum atomic E-state index is 12.6. The molecule has 0 aliphatic carbocycles. The number of hydrogen-bond donors (Lipinski definition) is 1. The van der Waals surface area contributed by atoms with Gasteiger partial charge in [-0.05, 0) is 40.5 Å². The number of aryl methyl sites for hydroxylation is 1. The third-order valence-corrected chi connectivity index (χ3v) is 4.94. The summed E-state index contributed by atoms with van der Waals surface area (Å²) in [6.07, 6.45) is 3.51. The number of aromatic nitrogens is 4. The molecule has 1 atom stereocenters. The van der Waals surface area contributed by atoms with E-state index in [9.17, 15) is 4.79 Å². The third-order valence-electron chi connectivity index (χ3n) is 4.14. The SMILES string of the molecule is Cc1nc([C@H]2CCCN2C(=O)NCc2ncnn2C(C)(C)C)cs1. The number of amides is 2. The zero-order valence-corrected chi connectivity index (χ0v) is 15.4. The molecule has 0 unspecified atom stereocenters. The van der Waals surface area contributed by atoms with Gasteiger partial charge in [0.05, 0.1) is 28.8 Å². The number of carbonyl (C=O) groups is 1. The number of urea groups is 1. The first-order valence-electron chi connectivity index (χ1n) is 8.22. The van der Waals surface area contributed by atoms with Crippen molar-refractivity contribution < 1.29 is 4.79 Å². The van der Waals surface area contributed by atoms with Crippen LogP contribution in [0.1, 0.15) is 56.2 Å². The first kappa shape index (κ1) is 16.9. The summed E-state index contributed by atoms with van der Waals surface area (Å²) < 4.78 is 1.85. The molecule has 3 heterocycles. The average molecular weight is 348 g/mol. The lowest BCUT2D eigenvalue weighted by atomic mass is 10.1. The van der Waals surface area contributed by atoms with Crippen LogP contribution in [0.25, 0.3) is 0 Å². The fraction of sp³-hybridized carbons (Fsp3) is 0.625. The van der Waals surface area contributed by atoms with Gasteiger partial charge in [0.25, 0.3) is 0 Å². The fourth-order valence-corrected chi connectivity index (χ4v) is 3.71. The van der Waals surface area contributed by atoms with E-state index in [1.807, 2.05) is 16.5 Å². The van der Waals surface area contributed by atoms with E-state index in [-0.39, 0.29) is 17.6 Å². The molecule has 2 amide bonds. The molecule has 0 aromatic carbocycles. The Hall–Kier alpha value is -1.96. The van der Waals surface area contributed by atoms with Gasteiger partial charge in [-0.15, -0.1) is 11.3 Å². The van der Waals surface area contributed by atoms with E-state index in [0.717, 1.165) is 35.9 Å². The highest BCUT2D eigenvalue weighted by Gasteiger charge is 2.31. The van der Waals surface area contributed by atoms with Crippen LogP contribution in [0.5, 0.6) is 0 Å². The number of carbonyl (C=O) groups excluding carboxylic acids is 1. The zero-order valence-electron chi connectivity index (χ0n) is 14.6.